The normalized spacial score (nSPS) is 12.5. The highest BCUT2D eigenvalue weighted by Gasteiger charge is 2.22. The van der Waals surface area contributed by atoms with Crippen LogP contribution >= 0.6 is 0 Å². The number of ether oxygens (including phenoxy) is 2. The monoisotopic (exact) mass is 259 g/mol. The third kappa shape index (κ3) is 7.65. The minimum absolute atomic E-state index is 0.0660. The van der Waals surface area contributed by atoms with E-state index in [-0.39, 0.29) is 18.6 Å². The minimum atomic E-state index is -0.737. The zero-order valence-electron chi connectivity index (χ0n) is 11.5. The number of Topliss-reactive ketones (excluding diaryl/α,β-unsaturated/α-hetero) is 1. The fraction of sp³-hybridized carbons (Fsp3) is 0.750. The van der Waals surface area contributed by atoms with E-state index in [4.69, 9.17) is 4.74 Å². The quantitative estimate of drug-likeness (QED) is 0.755. The molecular formula is C12H21NO5. The van der Waals surface area contributed by atoms with Crippen LogP contribution in [0.3, 0.4) is 0 Å². The van der Waals surface area contributed by atoms with E-state index in [1.54, 1.807) is 20.8 Å². The van der Waals surface area contributed by atoms with Crippen LogP contribution in [0.5, 0.6) is 0 Å². The zero-order chi connectivity index (χ0) is 14.3. The molecule has 0 saturated carbocycles. The predicted molar refractivity (Wildman–Crippen MR) is 65.1 cm³/mol. The third-order valence-corrected chi connectivity index (χ3v) is 2.05. The Morgan fingerprint density at radius 1 is 1.22 bits per heavy atom. The summed E-state index contributed by atoms with van der Waals surface area (Å²) in [5.74, 6) is -0.656. The van der Waals surface area contributed by atoms with Crippen molar-refractivity contribution in [3.8, 4) is 0 Å². The highest BCUT2D eigenvalue weighted by molar-refractivity contribution is 5.86. The first-order chi connectivity index (χ1) is 8.15. The van der Waals surface area contributed by atoms with Crippen LogP contribution in [0, 0.1) is 0 Å². The van der Waals surface area contributed by atoms with Gasteiger partial charge in [0.15, 0.2) is 5.78 Å². The van der Waals surface area contributed by atoms with Crippen molar-refractivity contribution in [1.82, 2.24) is 5.32 Å². The van der Waals surface area contributed by atoms with Crippen molar-refractivity contribution in [3.05, 3.63) is 0 Å². The first-order valence-electron chi connectivity index (χ1n) is 5.72. The second kappa shape index (κ2) is 6.98. The van der Waals surface area contributed by atoms with Gasteiger partial charge in [-0.15, -0.1) is 0 Å². The molecule has 0 unspecified atom stereocenters. The third-order valence-electron chi connectivity index (χ3n) is 2.05. The number of rotatable bonds is 5. The Bertz CT molecular complexity index is 319. The molecule has 6 nitrogen and oxygen atoms in total. The van der Waals surface area contributed by atoms with Gasteiger partial charge in [-0.05, 0) is 34.1 Å². The van der Waals surface area contributed by atoms with E-state index in [0.717, 1.165) is 0 Å². The maximum atomic E-state index is 11.5. The minimum Gasteiger partial charge on any atom is -0.469 e. The van der Waals surface area contributed by atoms with E-state index in [1.165, 1.54) is 14.0 Å². The largest absolute Gasteiger partial charge is 0.469 e. The van der Waals surface area contributed by atoms with E-state index < -0.39 is 23.7 Å². The second-order valence-electron chi connectivity index (χ2n) is 4.92. The number of nitrogens with one attached hydrogen (secondary N) is 1. The van der Waals surface area contributed by atoms with E-state index in [0.29, 0.717) is 0 Å². The van der Waals surface area contributed by atoms with Crippen molar-refractivity contribution in [2.75, 3.05) is 7.11 Å². The van der Waals surface area contributed by atoms with Crippen molar-refractivity contribution in [2.24, 2.45) is 0 Å². The molecule has 6 heteroatoms. The number of carbonyl (C=O) groups excluding carboxylic acids is 3. The van der Waals surface area contributed by atoms with Gasteiger partial charge in [-0.2, -0.15) is 0 Å². The molecule has 0 fully saturated rings. The fourth-order valence-electron chi connectivity index (χ4n) is 1.19. The van der Waals surface area contributed by atoms with Crippen molar-refractivity contribution in [1.29, 1.82) is 0 Å². The highest BCUT2D eigenvalue weighted by atomic mass is 16.6. The molecule has 18 heavy (non-hydrogen) atoms. The molecule has 1 amide bonds. The standard InChI is InChI=1S/C12H21NO5/c1-8(14)9(6-7-10(15)17-5)13-11(16)18-12(2,3)4/h9H,6-7H2,1-5H3,(H,13,16)/t9-/m0/s1. The van der Waals surface area contributed by atoms with Gasteiger partial charge in [0.05, 0.1) is 13.2 Å². The molecule has 0 aliphatic rings. The molecule has 0 heterocycles. The lowest BCUT2D eigenvalue weighted by atomic mass is 10.1. The van der Waals surface area contributed by atoms with Gasteiger partial charge in [-0.25, -0.2) is 4.79 Å². The van der Waals surface area contributed by atoms with Crippen LogP contribution < -0.4 is 5.32 Å². The molecule has 0 aliphatic carbocycles. The molecule has 0 bridgehead atoms. The maximum Gasteiger partial charge on any atom is 0.408 e. The Labute approximate surface area is 107 Å². The summed E-state index contributed by atoms with van der Waals surface area (Å²) in [5, 5.41) is 2.43. The summed E-state index contributed by atoms with van der Waals surface area (Å²) in [5.41, 5.74) is -0.631. The molecule has 0 spiro atoms. The lowest BCUT2D eigenvalue weighted by Crippen LogP contribution is -2.42. The van der Waals surface area contributed by atoms with Gasteiger partial charge in [0.25, 0.3) is 0 Å². The Balaban J connectivity index is 4.32. The maximum absolute atomic E-state index is 11.5. The van der Waals surface area contributed by atoms with Gasteiger partial charge in [0.1, 0.15) is 5.60 Å². The van der Waals surface area contributed by atoms with E-state index >= 15 is 0 Å². The average molecular weight is 259 g/mol. The molecule has 0 rings (SSSR count). The summed E-state index contributed by atoms with van der Waals surface area (Å²) in [4.78, 5) is 33.8. The molecule has 1 N–H and O–H groups in total. The molecule has 0 aromatic heterocycles. The lowest BCUT2D eigenvalue weighted by Gasteiger charge is -2.22. The van der Waals surface area contributed by atoms with Crippen LogP contribution in [0.2, 0.25) is 0 Å². The number of ketones is 1. The molecule has 0 radical (unpaired) electrons. The van der Waals surface area contributed by atoms with Gasteiger partial charge >= 0.3 is 12.1 Å². The number of carbonyl (C=O) groups is 3. The van der Waals surface area contributed by atoms with Gasteiger partial charge in [0, 0.05) is 6.42 Å². The summed E-state index contributed by atoms with van der Waals surface area (Å²) in [6, 6.07) is -0.737. The summed E-state index contributed by atoms with van der Waals surface area (Å²) >= 11 is 0. The fourth-order valence-corrected chi connectivity index (χ4v) is 1.19. The van der Waals surface area contributed by atoms with Crippen LogP contribution in [-0.4, -0.2) is 36.6 Å². The molecule has 1 atom stereocenters. The summed E-state index contributed by atoms with van der Waals surface area (Å²) in [7, 11) is 1.27. The zero-order valence-corrected chi connectivity index (χ0v) is 11.5. The van der Waals surface area contributed by atoms with E-state index in [2.05, 4.69) is 10.1 Å². The first kappa shape index (κ1) is 16.4. The van der Waals surface area contributed by atoms with Crippen molar-refractivity contribution >= 4 is 17.8 Å². The van der Waals surface area contributed by atoms with E-state index in [1.807, 2.05) is 0 Å². The van der Waals surface area contributed by atoms with Crippen LogP contribution in [-0.2, 0) is 19.1 Å². The van der Waals surface area contributed by atoms with Crippen LogP contribution in [0.15, 0.2) is 0 Å². The average Bonchev–Trinajstić information content (AvgIpc) is 2.20. The lowest BCUT2D eigenvalue weighted by molar-refractivity contribution is -0.140. The summed E-state index contributed by atoms with van der Waals surface area (Å²) < 4.78 is 9.50. The number of hydrogen-bond acceptors (Lipinski definition) is 5. The smallest absolute Gasteiger partial charge is 0.408 e. The van der Waals surface area contributed by atoms with Gasteiger partial charge in [-0.3, -0.25) is 9.59 Å². The Kier molecular flexibility index (Phi) is 6.36. The highest BCUT2D eigenvalue weighted by Crippen LogP contribution is 2.08. The molecule has 0 aromatic rings. The van der Waals surface area contributed by atoms with Gasteiger partial charge < -0.3 is 14.8 Å². The van der Waals surface area contributed by atoms with Gasteiger partial charge in [0.2, 0.25) is 0 Å². The number of amides is 1. The number of esters is 1. The van der Waals surface area contributed by atoms with Crippen molar-refractivity contribution in [2.45, 2.75) is 52.2 Å². The van der Waals surface area contributed by atoms with Gasteiger partial charge in [-0.1, -0.05) is 0 Å². The van der Waals surface area contributed by atoms with Crippen LogP contribution in [0.1, 0.15) is 40.5 Å². The topological polar surface area (TPSA) is 81.7 Å². The summed E-state index contributed by atoms with van der Waals surface area (Å²) in [6.45, 7) is 6.52. The van der Waals surface area contributed by atoms with Crippen LogP contribution in [0.4, 0.5) is 4.79 Å². The Morgan fingerprint density at radius 2 is 1.78 bits per heavy atom. The van der Waals surface area contributed by atoms with Crippen LogP contribution in [0.25, 0.3) is 0 Å². The molecule has 0 aliphatic heterocycles. The Morgan fingerprint density at radius 3 is 2.17 bits per heavy atom. The predicted octanol–water partition coefficient (Wildman–Crippen LogP) is 1.42. The van der Waals surface area contributed by atoms with Crippen molar-refractivity contribution < 1.29 is 23.9 Å². The summed E-state index contributed by atoms with van der Waals surface area (Å²) in [6.07, 6.45) is -0.412. The molecule has 0 saturated heterocycles. The molecule has 0 aromatic carbocycles. The number of alkyl carbamates (subject to hydrolysis) is 1. The van der Waals surface area contributed by atoms with Crippen molar-refractivity contribution in [3.63, 3.8) is 0 Å². The first-order valence-corrected chi connectivity index (χ1v) is 5.72. The van der Waals surface area contributed by atoms with E-state index in [9.17, 15) is 14.4 Å². The number of hydrogen-bond donors (Lipinski definition) is 1. The Hall–Kier alpha value is -1.59. The SMILES string of the molecule is COC(=O)CC[C@H](NC(=O)OC(C)(C)C)C(C)=O. The second-order valence-corrected chi connectivity index (χ2v) is 4.92. The molecule has 104 valence electrons. The molecular weight excluding hydrogens is 238 g/mol. The number of methoxy groups -OCH3 is 1.